The number of sulfonamides is 1. The first-order valence-corrected chi connectivity index (χ1v) is 17.3. The van der Waals surface area contributed by atoms with E-state index in [1.165, 1.54) is 33.1 Å². The van der Waals surface area contributed by atoms with Gasteiger partial charge in [0.15, 0.2) is 5.03 Å². The van der Waals surface area contributed by atoms with Crippen LogP contribution in [0.15, 0.2) is 35.1 Å². The first-order valence-electron chi connectivity index (χ1n) is 15.0. The van der Waals surface area contributed by atoms with Gasteiger partial charge in [0, 0.05) is 50.3 Å². The van der Waals surface area contributed by atoms with Crippen molar-refractivity contribution in [3.63, 3.8) is 0 Å². The number of aromatic nitrogens is 2. The summed E-state index contributed by atoms with van der Waals surface area (Å²) in [6, 6.07) is 2.39. The fourth-order valence-corrected chi connectivity index (χ4v) is 8.45. The van der Waals surface area contributed by atoms with Crippen molar-refractivity contribution < 1.29 is 27.9 Å². The molecule has 0 spiro atoms. The lowest BCUT2D eigenvalue weighted by Gasteiger charge is -2.44. The molecule has 0 aromatic carbocycles. The molecule has 3 amide bonds. The molecule has 2 saturated heterocycles. The minimum absolute atomic E-state index is 0.00844. The summed E-state index contributed by atoms with van der Waals surface area (Å²) in [4.78, 5) is 47.4. The molecule has 2 aromatic heterocycles. The van der Waals surface area contributed by atoms with Gasteiger partial charge in [-0.3, -0.25) is 9.59 Å². The average molecular weight is 636 g/mol. The van der Waals surface area contributed by atoms with Crippen LogP contribution in [0, 0.1) is 5.92 Å². The normalized spacial score (nSPS) is 21.9. The molecule has 0 radical (unpaired) electrons. The molecule has 1 aliphatic carbocycles. The summed E-state index contributed by atoms with van der Waals surface area (Å²) in [6.45, 7) is 0.947. The number of hydrogen-bond acceptors (Lipinski definition) is 8. The van der Waals surface area contributed by atoms with Gasteiger partial charge in [0.1, 0.15) is 6.04 Å². The summed E-state index contributed by atoms with van der Waals surface area (Å²) in [7, 11) is -2.03. The highest BCUT2D eigenvalue weighted by Gasteiger charge is 2.43. The molecule has 15 heteroatoms. The summed E-state index contributed by atoms with van der Waals surface area (Å²) in [6.07, 6.45) is 7.99. The third kappa shape index (κ3) is 7.39. The highest BCUT2D eigenvalue weighted by Crippen LogP contribution is 2.29. The zero-order chi connectivity index (χ0) is 30.6. The van der Waals surface area contributed by atoms with Crippen LogP contribution in [0.4, 0.5) is 4.79 Å². The lowest BCUT2D eigenvalue weighted by atomic mass is 9.86. The maximum Gasteiger partial charge on any atom is 0.407 e. The van der Waals surface area contributed by atoms with E-state index in [2.05, 4.69) is 15.6 Å². The smallest absolute Gasteiger partial charge is 0.407 e. The average Bonchev–Trinajstić information content (AvgIpc) is 3.71. The lowest BCUT2D eigenvalue weighted by Crippen LogP contribution is -2.65. The first kappa shape index (κ1) is 31.4. The third-order valence-corrected chi connectivity index (χ3v) is 11.5. The zero-order valence-electron chi connectivity index (χ0n) is 24.4. The maximum absolute atomic E-state index is 14.4. The fourth-order valence-electron chi connectivity index (χ4n) is 6.36. The Labute approximate surface area is 256 Å². The van der Waals surface area contributed by atoms with Gasteiger partial charge in [-0.05, 0) is 43.0 Å². The number of carboxylic acid groups (broad SMARTS) is 1. The van der Waals surface area contributed by atoms with E-state index in [4.69, 9.17) is 0 Å². The van der Waals surface area contributed by atoms with Gasteiger partial charge in [0.25, 0.3) is 10.0 Å². The second-order valence-corrected chi connectivity index (χ2v) is 14.6. The van der Waals surface area contributed by atoms with Crippen molar-refractivity contribution in [2.75, 3.05) is 32.7 Å². The Balaban J connectivity index is 1.33. The Kier molecular flexibility index (Phi) is 10.0. The number of piperazine rings is 1. The van der Waals surface area contributed by atoms with Gasteiger partial charge in [-0.2, -0.15) is 4.31 Å². The van der Waals surface area contributed by atoms with Crippen LogP contribution in [-0.2, 0) is 33.2 Å². The SMILES string of the molecule is Cn1cnc(S(=O)(=O)N2CCC([C@@H](NC3CCCCC3)C(=O)N3CCN(C(=O)O)C[C@H]3C(=O)NCc3cccs3)CC2)c1. The van der Waals surface area contributed by atoms with E-state index < -0.39 is 28.2 Å². The Bertz CT molecular complexity index is 1370. The van der Waals surface area contributed by atoms with Crippen molar-refractivity contribution in [1.82, 2.24) is 34.3 Å². The van der Waals surface area contributed by atoms with Crippen molar-refractivity contribution in [3.05, 3.63) is 34.9 Å². The summed E-state index contributed by atoms with van der Waals surface area (Å²) in [5, 5.41) is 18.1. The Morgan fingerprint density at radius 2 is 1.84 bits per heavy atom. The van der Waals surface area contributed by atoms with E-state index in [0.717, 1.165) is 37.0 Å². The highest BCUT2D eigenvalue weighted by molar-refractivity contribution is 7.89. The first-order chi connectivity index (χ1) is 20.6. The number of carbonyl (C=O) groups is 3. The minimum Gasteiger partial charge on any atom is -0.465 e. The highest BCUT2D eigenvalue weighted by atomic mass is 32.2. The number of imidazole rings is 1. The van der Waals surface area contributed by atoms with Crippen molar-refractivity contribution in [1.29, 1.82) is 0 Å². The number of thiophene rings is 1. The van der Waals surface area contributed by atoms with Crippen LogP contribution >= 0.6 is 11.3 Å². The Morgan fingerprint density at radius 3 is 2.47 bits per heavy atom. The quantitative estimate of drug-likeness (QED) is 0.376. The summed E-state index contributed by atoms with van der Waals surface area (Å²) in [5.74, 6) is -0.754. The fraction of sp³-hybridized carbons (Fsp3) is 0.643. The van der Waals surface area contributed by atoms with Gasteiger partial charge in [0.2, 0.25) is 11.8 Å². The molecule has 13 nitrogen and oxygen atoms in total. The van der Waals surface area contributed by atoms with E-state index in [1.807, 2.05) is 17.5 Å². The largest absolute Gasteiger partial charge is 0.465 e. The van der Waals surface area contributed by atoms with Gasteiger partial charge in [-0.15, -0.1) is 11.3 Å². The Hall–Kier alpha value is -3.01. The van der Waals surface area contributed by atoms with Crippen molar-refractivity contribution in [3.8, 4) is 0 Å². The number of hydrogen-bond donors (Lipinski definition) is 3. The molecule has 0 bridgehead atoms. The molecule has 3 aliphatic rings. The van der Waals surface area contributed by atoms with Crippen LogP contribution in [0.2, 0.25) is 0 Å². The van der Waals surface area contributed by atoms with Crippen LogP contribution in [-0.4, -0.2) is 106 Å². The van der Waals surface area contributed by atoms with E-state index >= 15 is 0 Å². The van der Waals surface area contributed by atoms with Crippen LogP contribution in [0.25, 0.3) is 0 Å². The minimum atomic E-state index is -3.75. The molecule has 5 rings (SSSR count). The molecule has 1 saturated carbocycles. The summed E-state index contributed by atoms with van der Waals surface area (Å²) in [5.41, 5.74) is 0. The predicted molar refractivity (Wildman–Crippen MR) is 160 cm³/mol. The summed E-state index contributed by atoms with van der Waals surface area (Å²) >= 11 is 1.51. The van der Waals surface area contributed by atoms with E-state index in [0.29, 0.717) is 19.4 Å². The predicted octanol–water partition coefficient (Wildman–Crippen LogP) is 1.68. The number of nitrogens with one attached hydrogen (secondary N) is 2. The number of nitrogens with zero attached hydrogens (tertiary/aromatic N) is 5. The lowest BCUT2D eigenvalue weighted by molar-refractivity contribution is -0.146. The van der Waals surface area contributed by atoms with Gasteiger partial charge in [-0.25, -0.2) is 18.2 Å². The van der Waals surface area contributed by atoms with Crippen molar-refractivity contribution >= 4 is 39.3 Å². The van der Waals surface area contributed by atoms with Gasteiger partial charge in [0.05, 0.1) is 25.5 Å². The molecule has 236 valence electrons. The number of aryl methyl sites for hydroxylation is 1. The topological polar surface area (TPSA) is 157 Å². The van der Waals surface area contributed by atoms with Crippen molar-refractivity contribution in [2.45, 2.75) is 74.6 Å². The molecule has 3 N–H and O–H groups in total. The molecule has 3 fully saturated rings. The van der Waals surface area contributed by atoms with Crippen LogP contribution < -0.4 is 10.6 Å². The van der Waals surface area contributed by atoms with E-state index in [-0.39, 0.29) is 61.5 Å². The second kappa shape index (κ2) is 13.7. The Morgan fingerprint density at radius 1 is 1.09 bits per heavy atom. The number of rotatable bonds is 9. The molecule has 2 atom stereocenters. The van der Waals surface area contributed by atoms with Gasteiger partial charge < -0.3 is 30.1 Å². The molecule has 43 heavy (non-hydrogen) atoms. The molecule has 2 aromatic rings. The van der Waals surface area contributed by atoms with Crippen molar-refractivity contribution in [2.24, 2.45) is 13.0 Å². The molecular weight excluding hydrogens is 594 g/mol. The molecule has 2 aliphatic heterocycles. The van der Waals surface area contributed by atoms with Gasteiger partial charge in [-0.1, -0.05) is 25.3 Å². The molecule has 0 unspecified atom stereocenters. The molecular formula is C28H41N7O6S2. The number of carbonyl (C=O) groups excluding carboxylic acids is 2. The summed E-state index contributed by atoms with van der Waals surface area (Å²) < 4.78 is 29.4. The number of piperidine rings is 1. The zero-order valence-corrected chi connectivity index (χ0v) is 26.1. The monoisotopic (exact) mass is 635 g/mol. The third-order valence-electron chi connectivity index (χ3n) is 8.80. The van der Waals surface area contributed by atoms with Gasteiger partial charge >= 0.3 is 6.09 Å². The second-order valence-electron chi connectivity index (χ2n) is 11.7. The van der Waals surface area contributed by atoms with Crippen LogP contribution in [0.5, 0.6) is 0 Å². The van der Waals surface area contributed by atoms with Crippen LogP contribution in [0.3, 0.4) is 0 Å². The number of amides is 3. The van der Waals surface area contributed by atoms with Crippen LogP contribution in [0.1, 0.15) is 49.8 Å². The molecule has 4 heterocycles. The van der Waals surface area contributed by atoms with E-state index in [1.54, 1.807) is 16.5 Å². The standard InChI is InChI=1S/C28H41N7O6S2/c1-32-18-24(30-19-32)43(40,41)34-11-9-20(10-12-34)25(31-21-6-3-2-4-7-21)27(37)35-14-13-33(28(38)39)17-23(35)26(36)29-16-22-8-5-15-42-22/h5,8,15,18-21,23,25,31H,2-4,6-7,9-14,16-17H2,1H3,(H,29,36)(H,38,39)/t23-,25+/m0/s1. The maximum atomic E-state index is 14.4. The van der Waals surface area contributed by atoms with E-state index in [9.17, 15) is 27.9 Å².